The summed E-state index contributed by atoms with van der Waals surface area (Å²) in [7, 11) is 1.64. The van der Waals surface area contributed by atoms with Crippen molar-refractivity contribution in [2.24, 2.45) is 5.92 Å². The Morgan fingerprint density at radius 2 is 2.04 bits per heavy atom. The summed E-state index contributed by atoms with van der Waals surface area (Å²) < 4.78 is 4.99. The number of piperidine rings is 1. The van der Waals surface area contributed by atoms with Crippen molar-refractivity contribution in [2.45, 2.75) is 25.7 Å². The molecule has 0 unspecified atom stereocenters. The van der Waals surface area contributed by atoms with Gasteiger partial charge in [0.15, 0.2) is 5.76 Å². The third kappa shape index (κ3) is 4.84. The largest absolute Gasteiger partial charge is 0.459 e. The van der Waals surface area contributed by atoms with Gasteiger partial charge in [0.1, 0.15) is 0 Å². The predicted molar refractivity (Wildman–Crippen MR) is 83.6 cm³/mol. The van der Waals surface area contributed by atoms with E-state index in [0.717, 1.165) is 0 Å². The summed E-state index contributed by atoms with van der Waals surface area (Å²) in [6, 6.07) is 3.25. The van der Waals surface area contributed by atoms with Crippen molar-refractivity contribution in [2.75, 3.05) is 26.7 Å². The van der Waals surface area contributed by atoms with Crippen molar-refractivity contribution in [1.82, 2.24) is 15.5 Å². The number of rotatable bonds is 6. The Kier molecular flexibility index (Phi) is 6.19. The number of carbonyl (C=O) groups is 3. The highest BCUT2D eigenvalue weighted by molar-refractivity contribution is 5.91. The Morgan fingerprint density at radius 1 is 1.30 bits per heavy atom. The molecule has 1 aliphatic rings. The lowest BCUT2D eigenvalue weighted by Crippen LogP contribution is -2.42. The van der Waals surface area contributed by atoms with Gasteiger partial charge in [-0.05, 0) is 31.4 Å². The van der Waals surface area contributed by atoms with Crippen LogP contribution < -0.4 is 10.6 Å². The summed E-state index contributed by atoms with van der Waals surface area (Å²) in [4.78, 5) is 37.1. The summed E-state index contributed by atoms with van der Waals surface area (Å²) in [6.07, 6.45) is 3.84. The Balaban J connectivity index is 1.62. The second kappa shape index (κ2) is 8.36. The minimum absolute atomic E-state index is 0.0108. The average Bonchev–Trinajstić information content (AvgIpc) is 3.12. The molecule has 1 fully saturated rings. The molecule has 0 saturated carbocycles. The van der Waals surface area contributed by atoms with Crippen LogP contribution in [0.25, 0.3) is 0 Å². The van der Waals surface area contributed by atoms with E-state index in [1.165, 1.54) is 6.26 Å². The molecule has 0 aromatic carbocycles. The highest BCUT2D eigenvalue weighted by Crippen LogP contribution is 2.18. The van der Waals surface area contributed by atoms with Gasteiger partial charge in [0.25, 0.3) is 5.91 Å². The minimum atomic E-state index is -0.270. The van der Waals surface area contributed by atoms with Crippen LogP contribution in [0.4, 0.5) is 0 Å². The fourth-order valence-corrected chi connectivity index (χ4v) is 2.69. The second-order valence-corrected chi connectivity index (χ2v) is 5.61. The first-order chi connectivity index (χ1) is 11.1. The fraction of sp³-hybridized carbons (Fsp3) is 0.562. The molecule has 0 bridgehead atoms. The molecular weight excluding hydrogens is 298 g/mol. The minimum Gasteiger partial charge on any atom is -0.459 e. The normalized spacial score (nSPS) is 15.3. The summed E-state index contributed by atoms with van der Waals surface area (Å²) in [5.41, 5.74) is 0. The van der Waals surface area contributed by atoms with E-state index in [0.29, 0.717) is 45.3 Å². The lowest BCUT2D eigenvalue weighted by Gasteiger charge is -2.31. The third-order valence-corrected chi connectivity index (χ3v) is 4.06. The van der Waals surface area contributed by atoms with Crippen LogP contribution in [-0.4, -0.2) is 49.3 Å². The number of likely N-dealkylation sites (tertiary alicyclic amines) is 1. The maximum absolute atomic E-state index is 12.1. The lowest BCUT2D eigenvalue weighted by molar-refractivity contribution is -0.135. The van der Waals surface area contributed by atoms with Gasteiger partial charge < -0.3 is 20.0 Å². The molecule has 2 heterocycles. The number of hydrogen-bond donors (Lipinski definition) is 2. The van der Waals surface area contributed by atoms with Gasteiger partial charge in [-0.1, -0.05) is 0 Å². The molecule has 7 nitrogen and oxygen atoms in total. The number of amides is 3. The van der Waals surface area contributed by atoms with E-state index < -0.39 is 0 Å². The van der Waals surface area contributed by atoms with E-state index in [9.17, 15) is 14.4 Å². The van der Waals surface area contributed by atoms with Crippen LogP contribution in [0.2, 0.25) is 0 Å². The molecule has 2 N–H and O–H groups in total. The van der Waals surface area contributed by atoms with E-state index in [1.807, 2.05) is 0 Å². The van der Waals surface area contributed by atoms with Crippen molar-refractivity contribution < 1.29 is 18.8 Å². The highest BCUT2D eigenvalue weighted by Gasteiger charge is 2.26. The topological polar surface area (TPSA) is 91.7 Å². The van der Waals surface area contributed by atoms with Gasteiger partial charge >= 0.3 is 0 Å². The molecule has 1 aromatic heterocycles. The fourth-order valence-electron chi connectivity index (χ4n) is 2.69. The second-order valence-electron chi connectivity index (χ2n) is 5.61. The maximum atomic E-state index is 12.1. The number of nitrogens with one attached hydrogen (secondary N) is 2. The summed E-state index contributed by atoms with van der Waals surface area (Å²) in [5, 5.41) is 5.37. The van der Waals surface area contributed by atoms with Gasteiger partial charge in [-0.2, -0.15) is 0 Å². The SMILES string of the molecule is CNC(=O)C1CCN(C(=O)CCCNC(=O)c2ccco2)CC1. The van der Waals surface area contributed by atoms with Crippen LogP contribution in [0, 0.1) is 5.92 Å². The van der Waals surface area contributed by atoms with Crippen molar-refractivity contribution in [3.05, 3.63) is 24.2 Å². The molecule has 7 heteroatoms. The lowest BCUT2D eigenvalue weighted by atomic mass is 9.96. The predicted octanol–water partition coefficient (Wildman–Crippen LogP) is 0.774. The Morgan fingerprint density at radius 3 is 2.65 bits per heavy atom. The van der Waals surface area contributed by atoms with Gasteiger partial charge in [-0.15, -0.1) is 0 Å². The van der Waals surface area contributed by atoms with Crippen molar-refractivity contribution in [1.29, 1.82) is 0 Å². The van der Waals surface area contributed by atoms with Crippen molar-refractivity contribution in [3.63, 3.8) is 0 Å². The summed E-state index contributed by atoms with van der Waals surface area (Å²) in [6.45, 7) is 1.67. The molecule has 0 spiro atoms. The Labute approximate surface area is 135 Å². The van der Waals surface area contributed by atoms with Gasteiger partial charge in [0, 0.05) is 39.0 Å². The Hall–Kier alpha value is -2.31. The van der Waals surface area contributed by atoms with Gasteiger partial charge in [-0.3, -0.25) is 14.4 Å². The average molecular weight is 321 g/mol. The number of nitrogens with zero attached hydrogens (tertiary/aromatic N) is 1. The van der Waals surface area contributed by atoms with Gasteiger partial charge in [0.05, 0.1) is 6.26 Å². The smallest absolute Gasteiger partial charge is 0.286 e. The van der Waals surface area contributed by atoms with E-state index in [4.69, 9.17) is 4.42 Å². The van der Waals surface area contributed by atoms with Crippen LogP contribution >= 0.6 is 0 Å². The maximum Gasteiger partial charge on any atom is 0.286 e. The zero-order chi connectivity index (χ0) is 16.7. The number of hydrogen-bond acceptors (Lipinski definition) is 4. The molecular formula is C16H23N3O4. The molecule has 23 heavy (non-hydrogen) atoms. The Bertz CT molecular complexity index is 534. The molecule has 126 valence electrons. The molecule has 0 aliphatic carbocycles. The van der Waals surface area contributed by atoms with Crippen LogP contribution in [-0.2, 0) is 9.59 Å². The first-order valence-corrected chi connectivity index (χ1v) is 7.93. The molecule has 1 aliphatic heterocycles. The monoisotopic (exact) mass is 321 g/mol. The van der Waals surface area contributed by atoms with Crippen molar-refractivity contribution >= 4 is 17.7 Å². The van der Waals surface area contributed by atoms with E-state index in [1.54, 1.807) is 24.1 Å². The zero-order valence-corrected chi connectivity index (χ0v) is 13.3. The third-order valence-electron chi connectivity index (χ3n) is 4.06. The van der Waals surface area contributed by atoms with Crippen LogP contribution in [0.15, 0.2) is 22.8 Å². The van der Waals surface area contributed by atoms with E-state index in [2.05, 4.69) is 10.6 Å². The zero-order valence-electron chi connectivity index (χ0n) is 13.3. The van der Waals surface area contributed by atoms with Gasteiger partial charge in [0.2, 0.25) is 11.8 Å². The highest BCUT2D eigenvalue weighted by atomic mass is 16.3. The van der Waals surface area contributed by atoms with Crippen LogP contribution in [0.1, 0.15) is 36.2 Å². The van der Waals surface area contributed by atoms with Crippen molar-refractivity contribution in [3.8, 4) is 0 Å². The quantitative estimate of drug-likeness (QED) is 0.757. The van der Waals surface area contributed by atoms with E-state index in [-0.39, 0.29) is 29.4 Å². The molecule has 2 rings (SSSR count). The molecule has 1 aromatic rings. The first kappa shape index (κ1) is 17.1. The van der Waals surface area contributed by atoms with Crippen LogP contribution in [0.3, 0.4) is 0 Å². The number of furan rings is 1. The molecule has 0 radical (unpaired) electrons. The van der Waals surface area contributed by atoms with Gasteiger partial charge in [-0.25, -0.2) is 0 Å². The summed E-state index contributed by atoms with van der Waals surface area (Å²) in [5.74, 6) is 0.142. The molecule has 1 saturated heterocycles. The van der Waals surface area contributed by atoms with Crippen LogP contribution in [0.5, 0.6) is 0 Å². The number of carbonyl (C=O) groups excluding carboxylic acids is 3. The summed E-state index contributed by atoms with van der Waals surface area (Å²) >= 11 is 0. The first-order valence-electron chi connectivity index (χ1n) is 7.93. The molecule has 0 atom stereocenters. The van der Waals surface area contributed by atoms with E-state index >= 15 is 0 Å². The standard InChI is InChI=1S/C16H23N3O4/c1-17-15(21)12-6-9-19(10-7-12)14(20)5-2-8-18-16(22)13-4-3-11-23-13/h3-4,11-12H,2,5-10H2,1H3,(H,17,21)(H,18,22). The molecule has 3 amide bonds.